The van der Waals surface area contributed by atoms with Gasteiger partial charge in [0, 0.05) is 37.4 Å². The maximum atomic E-state index is 5.46. The summed E-state index contributed by atoms with van der Waals surface area (Å²) in [4.78, 5) is 7.67. The van der Waals surface area contributed by atoms with Crippen LogP contribution >= 0.6 is 12.2 Å². The van der Waals surface area contributed by atoms with Gasteiger partial charge in [0.2, 0.25) is 0 Å². The normalized spacial score (nSPS) is 14.8. The summed E-state index contributed by atoms with van der Waals surface area (Å²) >= 11 is 5.28. The molecule has 0 unspecified atom stereocenters. The van der Waals surface area contributed by atoms with Crippen molar-refractivity contribution in [2.24, 2.45) is 0 Å². The molecule has 0 atom stereocenters. The summed E-state index contributed by atoms with van der Waals surface area (Å²) in [5.41, 5.74) is 2.36. The number of rotatable bonds is 4. The molecule has 1 aliphatic rings. The lowest BCUT2D eigenvalue weighted by Gasteiger charge is -2.17. The van der Waals surface area contributed by atoms with Crippen molar-refractivity contribution in [2.45, 2.75) is 32.9 Å². The largest absolute Gasteiger partial charge is 0.374 e. The van der Waals surface area contributed by atoms with E-state index in [1.807, 2.05) is 0 Å². The van der Waals surface area contributed by atoms with Crippen LogP contribution in [0.4, 0.5) is 0 Å². The third-order valence-electron chi connectivity index (χ3n) is 2.59. The van der Waals surface area contributed by atoms with Crippen LogP contribution < -0.4 is 5.32 Å². The first-order valence-corrected chi connectivity index (χ1v) is 6.11. The molecule has 0 fully saturated rings. The van der Waals surface area contributed by atoms with Gasteiger partial charge in [-0.3, -0.25) is 0 Å². The van der Waals surface area contributed by atoms with Gasteiger partial charge in [0.25, 0.3) is 0 Å². The van der Waals surface area contributed by atoms with Gasteiger partial charge >= 0.3 is 0 Å². The second kappa shape index (κ2) is 5.52. The second-order valence-electron chi connectivity index (χ2n) is 3.93. The molecule has 0 radical (unpaired) electrons. The number of hydrogen-bond donors (Lipinski definition) is 2. The summed E-state index contributed by atoms with van der Waals surface area (Å²) in [5.74, 6) is 0.846. The molecule has 2 N–H and O–H groups in total. The Kier molecular flexibility index (Phi) is 4.04. The average Bonchev–Trinajstić information content (AvgIpc) is 2.30. The molecule has 1 aliphatic heterocycles. The molecule has 0 spiro atoms. The molecule has 16 heavy (non-hydrogen) atoms. The highest BCUT2D eigenvalue weighted by Gasteiger charge is 2.12. The van der Waals surface area contributed by atoms with Gasteiger partial charge in [0.15, 0.2) is 0 Å². The zero-order valence-electron chi connectivity index (χ0n) is 9.51. The van der Waals surface area contributed by atoms with Crippen LogP contribution in [0.5, 0.6) is 0 Å². The van der Waals surface area contributed by atoms with Crippen molar-refractivity contribution >= 4 is 12.2 Å². The van der Waals surface area contributed by atoms with Crippen molar-refractivity contribution in [1.29, 1.82) is 0 Å². The minimum absolute atomic E-state index is 0.526. The number of aromatic nitrogens is 2. The van der Waals surface area contributed by atoms with Gasteiger partial charge in [0.1, 0.15) is 17.1 Å². The van der Waals surface area contributed by atoms with E-state index < -0.39 is 0 Å². The molecule has 0 saturated carbocycles. The van der Waals surface area contributed by atoms with Crippen LogP contribution in [0, 0.1) is 4.64 Å². The van der Waals surface area contributed by atoms with Crippen LogP contribution in [0.15, 0.2) is 0 Å². The van der Waals surface area contributed by atoms with Crippen molar-refractivity contribution in [3.8, 4) is 0 Å². The van der Waals surface area contributed by atoms with E-state index in [-0.39, 0.29) is 0 Å². The van der Waals surface area contributed by atoms with Crippen LogP contribution in [0.2, 0.25) is 0 Å². The van der Waals surface area contributed by atoms with E-state index in [1.165, 1.54) is 5.69 Å². The number of nitrogens with zero attached hydrogens (tertiary/aromatic N) is 1. The lowest BCUT2D eigenvalue weighted by Crippen LogP contribution is -2.26. The first-order chi connectivity index (χ1) is 7.81. The first-order valence-electron chi connectivity index (χ1n) is 5.70. The van der Waals surface area contributed by atoms with Crippen molar-refractivity contribution in [1.82, 2.24) is 15.3 Å². The molecule has 1 aromatic heterocycles. The van der Waals surface area contributed by atoms with E-state index in [9.17, 15) is 0 Å². The fraction of sp³-hybridized carbons (Fsp3) is 0.636. The van der Waals surface area contributed by atoms with Gasteiger partial charge in [-0.25, -0.2) is 4.98 Å². The van der Waals surface area contributed by atoms with Gasteiger partial charge in [-0.05, 0) is 6.42 Å². The van der Waals surface area contributed by atoms with Gasteiger partial charge in [-0.15, -0.1) is 0 Å². The Hall–Kier alpha value is -0.780. The SMILES string of the molecule is CCCOCc1nc(=S)c2c([nH]1)CCNC2. The third kappa shape index (κ3) is 2.66. The summed E-state index contributed by atoms with van der Waals surface area (Å²) in [6, 6.07) is 0. The molecule has 0 amide bonds. The molecule has 1 aromatic rings. The fourth-order valence-electron chi connectivity index (χ4n) is 1.80. The van der Waals surface area contributed by atoms with E-state index in [0.717, 1.165) is 43.9 Å². The predicted octanol–water partition coefficient (Wildman–Crippen LogP) is 1.71. The molecule has 2 rings (SSSR count). The van der Waals surface area contributed by atoms with Gasteiger partial charge < -0.3 is 15.0 Å². The van der Waals surface area contributed by atoms with E-state index in [0.29, 0.717) is 11.2 Å². The van der Waals surface area contributed by atoms with Gasteiger partial charge in [-0.1, -0.05) is 19.1 Å². The monoisotopic (exact) mass is 239 g/mol. The van der Waals surface area contributed by atoms with E-state index >= 15 is 0 Å². The maximum absolute atomic E-state index is 5.46. The van der Waals surface area contributed by atoms with Gasteiger partial charge in [-0.2, -0.15) is 0 Å². The third-order valence-corrected chi connectivity index (χ3v) is 2.93. The zero-order valence-corrected chi connectivity index (χ0v) is 10.3. The average molecular weight is 239 g/mol. The Morgan fingerprint density at radius 3 is 3.19 bits per heavy atom. The second-order valence-corrected chi connectivity index (χ2v) is 4.31. The summed E-state index contributed by atoms with van der Waals surface area (Å²) < 4.78 is 6.16. The highest BCUT2D eigenvalue weighted by Crippen LogP contribution is 2.12. The minimum Gasteiger partial charge on any atom is -0.374 e. The van der Waals surface area contributed by atoms with Crippen molar-refractivity contribution in [2.75, 3.05) is 13.2 Å². The van der Waals surface area contributed by atoms with Crippen molar-refractivity contribution < 1.29 is 4.74 Å². The van der Waals surface area contributed by atoms with Crippen molar-refractivity contribution in [3.05, 3.63) is 21.7 Å². The highest BCUT2D eigenvalue weighted by atomic mass is 32.1. The molecule has 88 valence electrons. The van der Waals surface area contributed by atoms with E-state index in [1.54, 1.807) is 0 Å². The highest BCUT2D eigenvalue weighted by molar-refractivity contribution is 7.71. The number of hydrogen-bond acceptors (Lipinski definition) is 4. The number of H-pyrrole nitrogens is 1. The lowest BCUT2D eigenvalue weighted by atomic mass is 10.1. The van der Waals surface area contributed by atoms with Crippen LogP contribution in [0.25, 0.3) is 0 Å². The molecule has 4 nitrogen and oxygen atoms in total. The number of aromatic amines is 1. The molecule has 0 aromatic carbocycles. The Morgan fingerprint density at radius 2 is 2.38 bits per heavy atom. The van der Waals surface area contributed by atoms with Crippen LogP contribution in [0.1, 0.15) is 30.4 Å². The Labute approximate surface area is 100 Å². The summed E-state index contributed by atoms with van der Waals surface area (Å²) in [7, 11) is 0. The quantitative estimate of drug-likeness (QED) is 0.620. The molecule has 5 heteroatoms. The summed E-state index contributed by atoms with van der Waals surface area (Å²) in [6.45, 7) is 5.21. The molecular formula is C11H17N3OS. The van der Waals surface area contributed by atoms with Crippen molar-refractivity contribution in [3.63, 3.8) is 0 Å². The van der Waals surface area contributed by atoms with Crippen LogP contribution in [-0.2, 0) is 24.3 Å². The maximum Gasteiger partial charge on any atom is 0.134 e. The summed E-state index contributed by atoms with van der Waals surface area (Å²) in [6.07, 6.45) is 2.01. The summed E-state index contributed by atoms with van der Waals surface area (Å²) in [5, 5.41) is 3.30. The molecule has 0 bridgehead atoms. The van der Waals surface area contributed by atoms with Crippen LogP contribution in [-0.4, -0.2) is 23.1 Å². The number of nitrogens with one attached hydrogen (secondary N) is 2. The molecular weight excluding hydrogens is 222 g/mol. The van der Waals surface area contributed by atoms with E-state index in [2.05, 4.69) is 22.2 Å². The smallest absolute Gasteiger partial charge is 0.134 e. The standard InChI is InChI=1S/C11H17N3OS/c1-2-5-15-7-10-13-9-3-4-12-6-8(9)11(16)14-10/h12H,2-7H2,1H3,(H,13,14,16). The number of ether oxygens (including phenoxy) is 1. The Bertz CT molecular complexity index is 416. The molecule has 0 saturated heterocycles. The predicted molar refractivity (Wildman–Crippen MR) is 64.8 cm³/mol. The Balaban J connectivity index is 2.15. The fourth-order valence-corrected chi connectivity index (χ4v) is 2.11. The molecule has 2 heterocycles. The number of fused-ring (bicyclic) bond motifs is 1. The minimum atomic E-state index is 0.526. The first kappa shape index (κ1) is 11.7. The lowest BCUT2D eigenvalue weighted by molar-refractivity contribution is 0.115. The van der Waals surface area contributed by atoms with E-state index in [4.69, 9.17) is 17.0 Å². The van der Waals surface area contributed by atoms with Crippen LogP contribution in [0.3, 0.4) is 0 Å². The topological polar surface area (TPSA) is 49.9 Å². The van der Waals surface area contributed by atoms with Gasteiger partial charge in [0.05, 0.1) is 0 Å². The molecule has 0 aliphatic carbocycles. The Morgan fingerprint density at radius 1 is 1.50 bits per heavy atom. The zero-order chi connectivity index (χ0) is 11.4.